The molecule has 0 spiro atoms. The number of hydrogen-bond donors (Lipinski definition) is 2. The van der Waals surface area contributed by atoms with E-state index in [1.165, 1.54) is 24.3 Å². The van der Waals surface area contributed by atoms with Gasteiger partial charge in [-0.25, -0.2) is 13.2 Å². The third-order valence-electron chi connectivity index (χ3n) is 4.39. The summed E-state index contributed by atoms with van der Waals surface area (Å²) in [6.07, 6.45) is 0.296. The highest BCUT2D eigenvalue weighted by atomic mass is 32.2. The zero-order valence-corrected chi connectivity index (χ0v) is 15.1. The summed E-state index contributed by atoms with van der Waals surface area (Å²) in [5, 5.41) is 22.6. The van der Waals surface area contributed by atoms with Crippen molar-refractivity contribution in [1.29, 1.82) is 0 Å². The second kappa shape index (κ2) is 7.04. The Labute approximate surface area is 154 Å². The standard InChI is InChI=1S/C15H17N5O6S/c1-15(14(22)23)12(21)3-2-8-20(15)27(24,25)11-6-4-10(5-7-11)26-9-13-16-18-19-17-13/h4-7H,2-3,8-9H2,1H3,(H,22,23)(H,16,17,18,19)/t15-/m1/s1. The fourth-order valence-electron chi connectivity index (χ4n) is 2.80. The van der Waals surface area contributed by atoms with Crippen molar-refractivity contribution in [3.63, 3.8) is 0 Å². The minimum atomic E-state index is -4.19. The fraction of sp³-hybridized carbons (Fsp3) is 0.400. The molecular formula is C15H17N5O6S. The number of aliphatic carboxylic acids is 1. The van der Waals surface area contributed by atoms with Crippen LogP contribution in [0.5, 0.6) is 5.75 Å². The van der Waals surface area contributed by atoms with Crippen molar-refractivity contribution in [2.45, 2.75) is 36.8 Å². The Hall–Kier alpha value is -2.86. The molecular weight excluding hydrogens is 378 g/mol. The minimum Gasteiger partial charge on any atom is -0.485 e. The number of H-pyrrole nitrogens is 1. The van der Waals surface area contributed by atoms with E-state index in [1.54, 1.807) is 0 Å². The van der Waals surface area contributed by atoms with Crippen molar-refractivity contribution < 1.29 is 27.9 Å². The maximum atomic E-state index is 12.9. The van der Waals surface area contributed by atoms with Gasteiger partial charge in [-0.3, -0.25) is 4.79 Å². The van der Waals surface area contributed by atoms with Gasteiger partial charge in [0.05, 0.1) is 4.90 Å². The van der Waals surface area contributed by atoms with Gasteiger partial charge in [0.25, 0.3) is 0 Å². The molecule has 0 bridgehead atoms. The van der Waals surface area contributed by atoms with E-state index in [-0.39, 0.29) is 30.9 Å². The largest absolute Gasteiger partial charge is 0.485 e. The topological polar surface area (TPSA) is 155 Å². The predicted octanol–water partition coefficient (Wildman–Crippen LogP) is -0.0244. The second-order valence-corrected chi connectivity index (χ2v) is 7.93. The van der Waals surface area contributed by atoms with E-state index in [0.717, 1.165) is 11.2 Å². The maximum Gasteiger partial charge on any atom is 0.332 e. The number of nitrogens with zero attached hydrogens (tertiary/aromatic N) is 4. The van der Waals surface area contributed by atoms with Crippen molar-refractivity contribution in [2.24, 2.45) is 0 Å². The number of aromatic amines is 1. The molecule has 27 heavy (non-hydrogen) atoms. The van der Waals surface area contributed by atoms with Gasteiger partial charge in [0.2, 0.25) is 15.8 Å². The number of carboxylic acid groups (broad SMARTS) is 1. The summed E-state index contributed by atoms with van der Waals surface area (Å²) in [6, 6.07) is 5.44. The van der Waals surface area contributed by atoms with Gasteiger partial charge in [0.15, 0.2) is 17.9 Å². The Bertz CT molecular complexity index is 944. The molecule has 2 heterocycles. The van der Waals surface area contributed by atoms with E-state index in [0.29, 0.717) is 11.6 Å². The molecule has 1 aromatic carbocycles. The summed E-state index contributed by atoms with van der Waals surface area (Å²) >= 11 is 0. The van der Waals surface area contributed by atoms with Crippen LogP contribution >= 0.6 is 0 Å². The number of nitrogens with one attached hydrogen (secondary N) is 1. The van der Waals surface area contributed by atoms with E-state index >= 15 is 0 Å². The Balaban J connectivity index is 1.83. The fourth-order valence-corrected chi connectivity index (χ4v) is 4.57. The Morgan fingerprint density at radius 2 is 2.07 bits per heavy atom. The van der Waals surface area contributed by atoms with Crippen LogP contribution in [-0.2, 0) is 26.2 Å². The van der Waals surface area contributed by atoms with Gasteiger partial charge in [-0.15, -0.1) is 10.2 Å². The van der Waals surface area contributed by atoms with E-state index in [9.17, 15) is 23.1 Å². The number of hydrogen-bond acceptors (Lipinski definition) is 8. The highest BCUT2D eigenvalue weighted by Gasteiger charge is 2.53. The van der Waals surface area contributed by atoms with Gasteiger partial charge in [-0.05, 0) is 37.6 Å². The lowest BCUT2D eigenvalue weighted by Crippen LogP contribution is -2.62. The lowest BCUT2D eigenvalue weighted by atomic mass is 9.89. The zero-order valence-electron chi connectivity index (χ0n) is 14.3. The molecule has 1 aromatic heterocycles. The molecule has 11 nitrogen and oxygen atoms in total. The van der Waals surface area contributed by atoms with Crippen LogP contribution in [0.25, 0.3) is 0 Å². The van der Waals surface area contributed by atoms with Gasteiger partial charge in [-0.2, -0.15) is 9.52 Å². The highest BCUT2D eigenvalue weighted by Crippen LogP contribution is 2.32. The van der Waals surface area contributed by atoms with Gasteiger partial charge in [0, 0.05) is 13.0 Å². The average Bonchev–Trinajstić information content (AvgIpc) is 3.16. The molecule has 2 N–H and O–H groups in total. The van der Waals surface area contributed by atoms with E-state index < -0.39 is 27.3 Å². The van der Waals surface area contributed by atoms with Gasteiger partial charge < -0.3 is 9.84 Å². The van der Waals surface area contributed by atoms with Gasteiger partial charge >= 0.3 is 5.97 Å². The molecule has 0 amide bonds. The normalized spacial score (nSPS) is 21.1. The molecule has 1 aliphatic rings. The van der Waals surface area contributed by atoms with E-state index in [2.05, 4.69) is 20.6 Å². The summed E-state index contributed by atoms with van der Waals surface area (Å²) in [5.74, 6) is -1.43. The SMILES string of the molecule is C[C@]1(C(=O)O)C(=O)CCCN1S(=O)(=O)c1ccc(OCc2nn[nH]n2)cc1. The first-order chi connectivity index (χ1) is 12.8. The molecule has 1 fully saturated rings. The van der Waals surface area contributed by atoms with Crippen LogP contribution < -0.4 is 4.74 Å². The molecule has 2 aromatic rings. The number of carbonyl (C=O) groups is 2. The number of piperidine rings is 1. The number of benzene rings is 1. The molecule has 0 radical (unpaired) electrons. The number of ketones is 1. The molecule has 1 atom stereocenters. The number of carbonyl (C=O) groups excluding carboxylic acids is 1. The molecule has 1 aliphatic heterocycles. The van der Waals surface area contributed by atoms with Crippen LogP contribution in [0.3, 0.4) is 0 Å². The van der Waals surface area contributed by atoms with E-state index in [1.807, 2.05) is 0 Å². The van der Waals surface area contributed by atoms with Crippen molar-refractivity contribution >= 4 is 21.8 Å². The number of ether oxygens (including phenoxy) is 1. The summed E-state index contributed by atoms with van der Waals surface area (Å²) in [5.41, 5.74) is -2.12. The second-order valence-electron chi connectivity index (χ2n) is 6.07. The summed E-state index contributed by atoms with van der Waals surface area (Å²) in [4.78, 5) is 23.7. The summed E-state index contributed by atoms with van der Waals surface area (Å²) in [7, 11) is -4.19. The lowest BCUT2D eigenvalue weighted by molar-refractivity contribution is -0.155. The van der Waals surface area contributed by atoms with Crippen LogP contribution in [-0.4, -0.2) is 62.3 Å². The zero-order chi connectivity index (χ0) is 19.7. The Kier molecular flexibility index (Phi) is 4.93. The number of Topliss-reactive ketones (excluding diaryl/α,β-unsaturated/α-hetero) is 1. The number of sulfonamides is 1. The first-order valence-electron chi connectivity index (χ1n) is 8.01. The van der Waals surface area contributed by atoms with Crippen LogP contribution in [0, 0.1) is 0 Å². The predicted molar refractivity (Wildman–Crippen MR) is 89.1 cm³/mol. The van der Waals surface area contributed by atoms with Gasteiger partial charge in [0.1, 0.15) is 5.75 Å². The average molecular weight is 395 g/mol. The van der Waals surface area contributed by atoms with Crippen LogP contribution in [0.15, 0.2) is 29.2 Å². The quantitative estimate of drug-likeness (QED) is 0.641. The third-order valence-corrected chi connectivity index (χ3v) is 6.39. The molecule has 12 heteroatoms. The lowest BCUT2D eigenvalue weighted by Gasteiger charge is -2.38. The van der Waals surface area contributed by atoms with Crippen molar-refractivity contribution in [1.82, 2.24) is 24.9 Å². The number of aromatic nitrogens is 4. The van der Waals surface area contributed by atoms with Crippen molar-refractivity contribution in [2.75, 3.05) is 6.54 Å². The molecule has 0 aliphatic carbocycles. The van der Waals surface area contributed by atoms with Crippen LogP contribution in [0.4, 0.5) is 0 Å². The third kappa shape index (κ3) is 3.40. The molecule has 144 valence electrons. The highest BCUT2D eigenvalue weighted by molar-refractivity contribution is 7.89. The molecule has 0 saturated carbocycles. The maximum absolute atomic E-state index is 12.9. The number of carboxylic acids is 1. The van der Waals surface area contributed by atoms with E-state index in [4.69, 9.17) is 4.74 Å². The van der Waals surface area contributed by atoms with Crippen molar-refractivity contribution in [3.8, 4) is 5.75 Å². The van der Waals surface area contributed by atoms with Crippen LogP contribution in [0.1, 0.15) is 25.6 Å². The first-order valence-corrected chi connectivity index (χ1v) is 9.45. The molecule has 1 saturated heterocycles. The number of tetrazole rings is 1. The smallest absolute Gasteiger partial charge is 0.332 e. The van der Waals surface area contributed by atoms with Crippen molar-refractivity contribution in [3.05, 3.63) is 30.1 Å². The van der Waals surface area contributed by atoms with Gasteiger partial charge in [-0.1, -0.05) is 5.21 Å². The summed E-state index contributed by atoms with van der Waals surface area (Å²) in [6.45, 7) is 1.12. The molecule has 3 rings (SSSR count). The minimum absolute atomic E-state index is 0.0255. The number of rotatable bonds is 6. The molecule has 0 unspecified atom stereocenters. The Morgan fingerprint density at radius 1 is 1.37 bits per heavy atom. The first kappa shape index (κ1) is 18.9. The van der Waals surface area contributed by atoms with Crippen LogP contribution in [0.2, 0.25) is 0 Å². The Morgan fingerprint density at radius 3 is 2.67 bits per heavy atom. The monoisotopic (exact) mass is 395 g/mol. The summed E-state index contributed by atoms with van der Waals surface area (Å²) < 4.78 is 32.1.